The summed E-state index contributed by atoms with van der Waals surface area (Å²) in [6, 6.07) is 4.37. The molecule has 4 nitrogen and oxygen atoms in total. The van der Waals surface area contributed by atoms with Gasteiger partial charge >= 0.3 is 5.63 Å². The van der Waals surface area contributed by atoms with Crippen molar-refractivity contribution in [2.75, 3.05) is 6.54 Å². The van der Waals surface area contributed by atoms with Gasteiger partial charge in [0.05, 0.1) is 18.2 Å². The molecule has 28 heavy (non-hydrogen) atoms. The predicted molar refractivity (Wildman–Crippen MR) is 110 cm³/mol. The van der Waals surface area contributed by atoms with E-state index in [4.69, 9.17) is 4.42 Å². The molecule has 2 aromatic rings. The SMILES string of the molecule is CC1(C)CC2CC(C)(C[NH+]2Cc2c(O)ccc3c4c(c(=O)oc23)CCCC4)C1. The predicted octanol–water partition coefficient (Wildman–Crippen LogP) is 3.36. The van der Waals surface area contributed by atoms with Gasteiger partial charge in [-0.2, -0.15) is 0 Å². The van der Waals surface area contributed by atoms with E-state index in [1.54, 1.807) is 6.07 Å². The summed E-state index contributed by atoms with van der Waals surface area (Å²) in [5.41, 5.74) is 4.03. The molecule has 1 aromatic carbocycles. The van der Waals surface area contributed by atoms with Crippen LogP contribution in [0.5, 0.6) is 5.75 Å². The van der Waals surface area contributed by atoms with Gasteiger partial charge in [-0.15, -0.1) is 0 Å². The van der Waals surface area contributed by atoms with Gasteiger partial charge in [-0.25, -0.2) is 4.79 Å². The molecule has 2 heterocycles. The Balaban J connectivity index is 1.57. The van der Waals surface area contributed by atoms with E-state index in [1.807, 2.05) is 6.07 Å². The molecule has 1 aliphatic heterocycles. The lowest BCUT2D eigenvalue weighted by Crippen LogP contribution is -3.12. The molecule has 0 radical (unpaired) electrons. The fraction of sp³-hybridized carbons (Fsp3) is 0.625. The molecule has 4 heteroatoms. The molecule has 3 aliphatic rings. The molecule has 1 aromatic heterocycles. The molecule has 2 bridgehead atoms. The van der Waals surface area contributed by atoms with Gasteiger partial charge in [0.2, 0.25) is 0 Å². The number of aromatic hydroxyl groups is 1. The number of phenols is 1. The maximum atomic E-state index is 12.6. The summed E-state index contributed by atoms with van der Waals surface area (Å²) in [6.07, 6.45) is 7.68. The summed E-state index contributed by atoms with van der Waals surface area (Å²) in [4.78, 5) is 14.2. The Morgan fingerprint density at radius 1 is 1.14 bits per heavy atom. The van der Waals surface area contributed by atoms with Crippen LogP contribution in [0.3, 0.4) is 0 Å². The Kier molecular flexibility index (Phi) is 3.97. The van der Waals surface area contributed by atoms with Gasteiger partial charge in [0.25, 0.3) is 0 Å². The molecule has 2 N–H and O–H groups in total. The second kappa shape index (κ2) is 6.09. The van der Waals surface area contributed by atoms with Crippen molar-refractivity contribution in [3.05, 3.63) is 39.2 Å². The van der Waals surface area contributed by atoms with E-state index < -0.39 is 0 Å². The Morgan fingerprint density at radius 2 is 1.89 bits per heavy atom. The lowest BCUT2D eigenvalue weighted by Gasteiger charge is -2.37. The fourth-order valence-electron chi connectivity index (χ4n) is 6.91. The highest BCUT2D eigenvalue weighted by Crippen LogP contribution is 2.47. The Labute approximate surface area is 166 Å². The van der Waals surface area contributed by atoms with Crippen molar-refractivity contribution < 1.29 is 14.4 Å². The van der Waals surface area contributed by atoms with Gasteiger partial charge in [-0.1, -0.05) is 20.8 Å². The van der Waals surface area contributed by atoms with Crippen LogP contribution in [0.2, 0.25) is 0 Å². The molecule has 2 fully saturated rings. The van der Waals surface area contributed by atoms with Crippen LogP contribution in [0.4, 0.5) is 0 Å². The van der Waals surface area contributed by atoms with Crippen LogP contribution in [0.25, 0.3) is 11.0 Å². The molecule has 3 unspecified atom stereocenters. The van der Waals surface area contributed by atoms with Crippen LogP contribution < -0.4 is 10.5 Å². The summed E-state index contributed by atoms with van der Waals surface area (Å²) in [7, 11) is 0. The minimum Gasteiger partial charge on any atom is -0.507 e. The third-order valence-corrected chi connectivity index (χ3v) is 7.55. The molecule has 0 spiro atoms. The van der Waals surface area contributed by atoms with E-state index in [9.17, 15) is 9.90 Å². The summed E-state index contributed by atoms with van der Waals surface area (Å²) in [6.45, 7) is 9.07. The molecule has 1 saturated heterocycles. The Hall–Kier alpha value is -1.81. The maximum absolute atomic E-state index is 12.6. The number of rotatable bonds is 2. The molecule has 1 saturated carbocycles. The van der Waals surface area contributed by atoms with Crippen molar-refractivity contribution in [2.24, 2.45) is 10.8 Å². The smallest absolute Gasteiger partial charge is 0.339 e. The second-order valence-electron chi connectivity index (χ2n) is 10.8. The number of quaternary nitrogens is 1. The molecular weight excluding hydrogens is 350 g/mol. The molecule has 0 amide bonds. The molecule has 2 aliphatic carbocycles. The van der Waals surface area contributed by atoms with Crippen LogP contribution in [0.15, 0.2) is 21.3 Å². The zero-order chi connectivity index (χ0) is 19.7. The summed E-state index contributed by atoms with van der Waals surface area (Å²) in [5, 5.41) is 11.7. The number of phenolic OH excluding ortho intramolecular Hbond substituents is 1. The van der Waals surface area contributed by atoms with Crippen molar-refractivity contribution >= 4 is 11.0 Å². The second-order valence-corrected chi connectivity index (χ2v) is 10.8. The lowest BCUT2D eigenvalue weighted by atomic mass is 9.65. The Bertz CT molecular complexity index is 1010. The lowest BCUT2D eigenvalue weighted by molar-refractivity contribution is -0.928. The van der Waals surface area contributed by atoms with Crippen molar-refractivity contribution in [3.8, 4) is 5.75 Å². The van der Waals surface area contributed by atoms with Crippen molar-refractivity contribution in [1.82, 2.24) is 0 Å². The van der Waals surface area contributed by atoms with E-state index in [0.29, 0.717) is 22.5 Å². The molecule has 150 valence electrons. The normalized spacial score (nSPS) is 31.1. The van der Waals surface area contributed by atoms with Crippen LogP contribution in [-0.2, 0) is 19.4 Å². The third kappa shape index (κ3) is 2.88. The first kappa shape index (κ1) is 18.2. The fourth-order valence-corrected chi connectivity index (χ4v) is 6.91. The van der Waals surface area contributed by atoms with Crippen molar-refractivity contribution in [1.29, 1.82) is 0 Å². The number of benzene rings is 1. The standard InChI is InChI=1S/C24H31NO3/c1-23(2)10-15-11-24(3,13-23)14-25(15)12-19-20(26)9-8-17-16-6-4-5-7-18(16)22(27)28-21(17)19/h8-9,15,26H,4-7,10-14H2,1-3H3/p+1. The highest BCUT2D eigenvalue weighted by molar-refractivity contribution is 5.86. The first-order valence-corrected chi connectivity index (χ1v) is 10.9. The van der Waals surface area contributed by atoms with E-state index in [1.165, 1.54) is 24.2 Å². The van der Waals surface area contributed by atoms with Crippen molar-refractivity contribution in [2.45, 2.75) is 78.3 Å². The van der Waals surface area contributed by atoms with Crippen LogP contribution in [0.1, 0.15) is 69.6 Å². The quantitative estimate of drug-likeness (QED) is 0.783. The number of fused-ring (bicyclic) bond motifs is 5. The highest BCUT2D eigenvalue weighted by atomic mass is 16.4. The van der Waals surface area contributed by atoms with Gasteiger partial charge in [0.1, 0.15) is 12.3 Å². The van der Waals surface area contributed by atoms with Crippen LogP contribution in [-0.4, -0.2) is 17.7 Å². The highest BCUT2D eigenvalue weighted by Gasteiger charge is 2.52. The van der Waals surface area contributed by atoms with E-state index >= 15 is 0 Å². The number of hydrogen-bond donors (Lipinski definition) is 2. The monoisotopic (exact) mass is 382 g/mol. The van der Waals surface area contributed by atoms with Gasteiger partial charge in [0, 0.05) is 29.2 Å². The number of aryl methyl sites for hydroxylation is 1. The Morgan fingerprint density at radius 3 is 2.68 bits per heavy atom. The van der Waals surface area contributed by atoms with Crippen LogP contribution >= 0.6 is 0 Å². The number of hydrogen-bond acceptors (Lipinski definition) is 3. The average molecular weight is 383 g/mol. The summed E-state index contributed by atoms with van der Waals surface area (Å²) < 4.78 is 5.83. The van der Waals surface area contributed by atoms with Gasteiger partial charge < -0.3 is 14.4 Å². The molecule has 3 atom stereocenters. The first-order chi connectivity index (χ1) is 13.2. The summed E-state index contributed by atoms with van der Waals surface area (Å²) >= 11 is 0. The van der Waals surface area contributed by atoms with Crippen molar-refractivity contribution in [3.63, 3.8) is 0 Å². The minimum atomic E-state index is -0.197. The van der Waals surface area contributed by atoms with E-state index in [0.717, 1.165) is 60.8 Å². The number of likely N-dealkylation sites (tertiary alicyclic amines) is 1. The largest absolute Gasteiger partial charge is 0.507 e. The van der Waals surface area contributed by atoms with Gasteiger partial charge in [-0.05, 0) is 55.2 Å². The summed E-state index contributed by atoms with van der Waals surface area (Å²) in [5.74, 6) is 0.268. The molecule has 5 rings (SSSR count). The zero-order valence-electron chi connectivity index (χ0n) is 17.4. The van der Waals surface area contributed by atoms with E-state index in [-0.39, 0.29) is 11.4 Å². The third-order valence-electron chi connectivity index (χ3n) is 7.55. The van der Waals surface area contributed by atoms with Gasteiger partial charge in [0.15, 0.2) is 5.58 Å². The van der Waals surface area contributed by atoms with E-state index in [2.05, 4.69) is 20.8 Å². The van der Waals surface area contributed by atoms with Gasteiger partial charge in [-0.3, -0.25) is 0 Å². The first-order valence-electron chi connectivity index (χ1n) is 10.9. The average Bonchev–Trinajstić information content (AvgIpc) is 2.86. The minimum absolute atomic E-state index is 0.197. The zero-order valence-corrected chi connectivity index (χ0v) is 17.4. The topological polar surface area (TPSA) is 54.9 Å². The molecular formula is C24H32NO3+. The van der Waals surface area contributed by atoms with Crippen LogP contribution in [0, 0.1) is 10.8 Å². The number of nitrogens with one attached hydrogen (secondary N) is 1. The maximum Gasteiger partial charge on any atom is 0.339 e.